The summed E-state index contributed by atoms with van der Waals surface area (Å²) in [4.78, 5) is 13.8. The molecule has 0 saturated carbocycles. The van der Waals surface area contributed by atoms with Crippen LogP contribution in [0.4, 0.5) is 0 Å². The summed E-state index contributed by atoms with van der Waals surface area (Å²) in [6.45, 7) is 1.35. The monoisotopic (exact) mass is 309 g/mol. The van der Waals surface area contributed by atoms with E-state index in [1.165, 1.54) is 4.68 Å². The van der Waals surface area contributed by atoms with Gasteiger partial charge in [0.15, 0.2) is 0 Å². The lowest BCUT2D eigenvalue weighted by molar-refractivity contribution is 0.368. The molecule has 1 aromatic heterocycles. The zero-order valence-electron chi connectivity index (χ0n) is 12.4. The molecule has 0 spiro atoms. The summed E-state index contributed by atoms with van der Waals surface area (Å²) < 4.78 is 6.70. The minimum absolute atomic E-state index is 0. The molecule has 1 heterocycles. The van der Waals surface area contributed by atoms with Gasteiger partial charge in [-0.15, -0.1) is 12.4 Å². The van der Waals surface area contributed by atoms with Crippen LogP contribution in [-0.4, -0.2) is 42.4 Å². The Morgan fingerprint density at radius 1 is 1.24 bits per heavy atom. The molecule has 5 nitrogen and oxygen atoms in total. The smallest absolute Gasteiger partial charge is 0.266 e. The van der Waals surface area contributed by atoms with Crippen molar-refractivity contribution in [2.75, 3.05) is 27.7 Å². The normalized spacial score (nSPS) is 10.3. The lowest BCUT2D eigenvalue weighted by Crippen LogP contribution is -2.28. The van der Waals surface area contributed by atoms with Gasteiger partial charge in [-0.25, -0.2) is 4.68 Å². The maximum Gasteiger partial charge on any atom is 0.266 e. The second kappa shape index (κ2) is 7.81. The van der Waals surface area contributed by atoms with E-state index in [4.69, 9.17) is 4.74 Å². The third-order valence-corrected chi connectivity index (χ3v) is 2.99. The van der Waals surface area contributed by atoms with Crippen LogP contribution in [0, 0.1) is 0 Å². The Bertz CT molecular complexity index is 641. The summed E-state index contributed by atoms with van der Waals surface area (Å²) in [6.07, 6.45) is 0. The molecule has 0 unspecified atom stereocenters. The van der Waals surface area contributed by atoms with E-state index in [0.29, 0.717) is 6.54 Å². The van der Waals surface area contributed by atoms with Crippen molar-refractivity contribution in [2.24, 2.45) is 0 Å². The maximum atomic E-state index is 11.8. The first-order valence-electron chi connectivity index (χ1n) is 6.47. The predicted molar refractivity (Wildman–Crippen MR) is 86.3 cm³/mol. The van der Waals surface area contributed by atoms with Gasteiger partial charge >= 0.3 is 0 Å². The van der Waals surface area contributed by atoms with E-state index < -0.39 is 0 Å². The van der Waals surface area contributed by atoms with Crippen LogP contribution in [0.2, 0.25) is 0 Å². The van der Waals surface area contributed by atoms with E-state index in [-0.39, 0.29) is 18.0 Å². The second-order valence-corrected chi connectivity index (χ2v) is 4.82. The van der Waals surface area contributed by atoms with Gasteiger partial charge in [-0.2, -0.15) is 5.10 Å². The SMILES string of the molecule is COc1cccc(-c2ccc(=O)n(CCN(C)C)n2)c1.Cl. The number of hydrogen-bond donors (Lipinski definition) is 0. The first kappa shape index (κ1) is 17.2. The molecule has 6 heteroatoms. The van der Waals surface area contributed by atoms with Crippen molar-refractivity contribution in [1.82, 2.24) is 14.7 Å². The molecule has 0 amide bonds. The number of ether oxygens (including phenoxy) is 1. The van der Waals surface area contributed by atoms with Gasteiger partial charge < -0.3 is 9.64 Å². The van der Waals surface area contributed by atoms with Crippen molar-refractivity contribution < 1.29 is 4.74 Å². The highest BCUT2D eigenvalue weighted by atomic mass is 35.5. The third kappa shape index (κ3) is 4.58. The predicted octanol–water partition coefficient (Wildman–Crippen LogP) is 1.90. The Morgan fingerprint density at radius 2 is 2.00 bits per heavy atom. The molecule has 0 saturated heterocycles. The minimum atomic E-state index is -0.0847. The average molecular weight is 310 g/mol. The van der Waals surface area contributed by atoms with Gasteiger partial charge in [0, 0.05) is 18.2 Å². The fourth-order valence-electron chi connectivity index (χ4n) is 1.84. The molecule has 0 fully saturated rings. The molecular formula is C15H20ClN3O2. The molecule has 0 bridgehead atoms. The van der Waals surface area contributed by atoms with Gasteiger partial charge in [0.25, 0.3) is 5.56 Å². The molecule has 0 aliphatic rings. The van der Waals surface area contributed by atoms with Crippen molar-refractivity contribution in [3.63, 3.8) is 0 Å². The van der Waals surface area contributed by atoms with E-state index in [1.807, 2.05) is 43.3 Å². The number of nitrogens with zero attached hydrogens (tertiary/aromatic N) is 3. The summed E-state index contributed by atoms with van der Waals surface area (Å²) in [5, 5.41) is 4.41. The van der Waals surface area contributed by atoms with Crippen LogP contribution in [0.15, 0.2) is 41.2 Å². The largest absolute Gasteiger partial charge is 0.497 e. The molecule has 2 rings (SSSR count). The topological polar surface area (TPSA) is 47.4 Å². The van der Waals surface area contributed by atoms with Crippen LogP contribution < -0.4 is 10.3 Å². The van der Waals surface area contributed by atoms with E-state index in [0.717, 1.165) is 23.6 Å². The van der Waals surface area contributed by atoms with Gasteiger partial charge in [-0.1, -0.05) is 12.1 Å². The molecule has 0 aliphatic heterocycles. The van der Waals surface area contributed by atoms with Crippen molar-refractivity contribution in [1.29, 1.82) is 0 Å². The number of rotatable bonds is 5. The number of benzene rings is 1. The first-order valence-corrected chi connectivity index (χ1v) is 6.47. The summed E-state index contributed by atoms with van der Waals surface area (Å²) in [7, 11) is 5.57. The quantitative estimate of drug-likeness (QED) is 0.846. The van der Waals surface area contributed by atoms with Gasteiger partial charge in [-0.05, 0) is 32.3 Å². The number of methoxy groups -OCH3 is 1. The van der Waals surface area contributed by atoms with Gasteiger partial charge in [0.1, 0.15) is 5.75 Å². The van der Waals surface area contributed by atoms with E-state index in [9.17, 15) is 4.79 Å². The van der Waals surface area contributed by atoms with Crippen LogP contribution in [0.1, 0.15) is 0 Å². The highest BCUT2D eigenvalue weighted by Crippen LogP contribution is 2.20. The Morgan fingerprint density at radius 3 is 2.67 bits per heavy atom. The fraction of sp³-hybridized carbons (Fsp3) is 0.333. The average Bonchev–Trinajstić information content (AvgIpc) is 2.46. The Balaban J connectivity index is 0.00000220. The molecule has 0 atom stereocenters. The lowest BCUT2D eigenvalue weighted by atomic mass is 10.1. The van der Waals surface area contributed by atoms with Crippen molar-refractivity contribution in [3.8, 4) is 17.0 Å². The van der Waals surface area contributed by atoms with E-state index in [1.54, 1.807) is 19.2 Å². The highest BCUT2D eigenvalue weighted by Gasteiger charge is 2.05. The summed E-state index contributed by atoms with van der Waals surface area (Å²) in [5.74, 6) is 0.773. The van der Waals surface area contributed by atoms with Crippen LogP contribution in [-0.2, 0) is 6.54 Å². The van der Waals surface area contributed by atoms with Gasteiger partial charge in [-0.3, -0.25) is 4.79 Å². The zero-order valence-corrected chi connectivity index (χ0v) is 13.3. The van der Waals surface area contributed by atoms with E-state index in [2.05, 4.69) is 5.10 Å². The molecular weight excluding hydrogens is 290 g/mol. The number of likely N-dealkylation sites (N-methyl/N-ethyl adjacent to an activating group) is 1. The molecule has 0 radical (unpaired) electrons. The standard InChI is InChI=1S/C15H19N3O2.ClH/c1-17(2)9-10-18-15(19)8-7-14(16-18)12-5-4-6-13(11-12)20-3;/h4-8,11H,9-10H2,1-3H3;1H. The molecule has 1 aromatic carbocycles. The number of halogens is 1. The Labute approximate surface area is 130 Å². The van der Waals surface area contributed by atoms with Crippen LogP contribution in [0.5, 0.6) is 5.75 Å². The maximum absolute atomic E-state index is 11.8. The molecule has 2 aromatic rings. The van der Waals surface area contributed by atoms with Gasteiger partial charge in [0.2, 0.25) is 0 Å². The van der Waals surface area contributed by atoms with E-state index >= 15 is 0 Å². The summed E-state index contributed by atoms with van der Waals surface area (Å²) >= 11 is 0. The van der Waals surface area contributed by atoms with Crippen LogP contribution >= 0.6 is 12.4 Å². The molecule has 21 heavy (non-hydrogen) atoms. The summed E-state index contributed by atoms with van der Waals surface area (Å²) in [6, 6.07) is 10.9. The third-order valence-electron chi connectivity index (χ3n) is 2.99. The van der Waals surface area contributed by atoms with Crippen LogP contribution in [0.3, 0.4) is 0 Å². The molecule has 0 aliphatic carbocycles. The number of hydrogen-bond acceptors (Lipinski definition) is 4. The van der Waals surface area contributed by atoms with Gasteiger partial charge in [0.05, 0.1) is 19.3 Å². The molecule has 0 N–H and O–H groups in total. The number of aromatic nitrogens is 2. The van der Waals surface area contributed by atoms with Crippen molar-refractivity contribution in [2.45, 2.75) is 6.54 Å². The van der Waals surface area contributed by atoms with Crippen molar-refractivity contribution in [3.05, 3.63) is 46.8 Å². The van der Waals surface area contributed by atoms with Crippen molar-refractivity contribution >= 4 is 12.4 Å². The second-order valence-electron chi connectivity index (χ2n) is 4.82. The lowest BCUT2D eigenvalue weighted by Gasteiger charge is -2.11. The summed E-state index contributed by atoms with van der Waals surface area (Å²) in [5.41, 5.74) is 1.61. The minimum Gasteiger partial charge on any atom is -0.497 e. The Hall–Kier alpha value is -1.85. The van der Waals surface area contributed by atoms with Crippen LogP contribution in [0.25, 0.3) is 11.3 Å². The first-order chi connectivity index (χ1) is 9.60. The Kier molecular flexibility index (Phi) is 6.39. The highest BCUT2D eigenvalue weighted by molar-refractivity contribution is 5.85. The fourth-order valence-corrected chi connectivity index (χ4v) is 1.84. The zero-order chi connectivity index (χ0) is 14.5. The molecule has 114 valence electrons.